The quantitative estimate of drug-likeness (QED) is 0.155. The van der Waals surface area contributed by atoms with Gasteiger partial charge in [-0.1, -0.05) is 38.5 Å². The van der Waals surface area contributed by atoms with Crippen molar-refractivity contribution in [3.63, 3.8) is 0 Å². The molecule has 2 aromatic rings. The maximum Gasteiger partial charge on any atom is 0.243 e. The fraction of sp³-hybridized carbons (Fsp3) is 0.692. The number of halogens is 2. The Balaban J connectivity index is 0.00000544. The van der Waals surface area contributed by atoms with Crippen molar-refractivity contribution in [1.82, 2.24) is 9.13 Å². The minimum atomic E-state index is 0. The molecule has 2 aromatic heterocycles. The maximum absolute atomic E-state index is 8.61. The second-order valence-corrected chi connectivity index (χ2v) is 8.84. The molecule has 0 bridgehead atoms. The van der Waals surface area contributed by atoms with Crippen LogP contribution in [0.4, 0.5) is 0 Å². The van der Waals surface area contributed by atoms with Crippen LogP contribution in [-0.4, -0.2) is 9.13 Å². The first kappa shape index (κ1) is 32.4. The summed E-state index contributed by atoms with van der Waals surface area (Å²) in [5.74, 6) is 0. The Kier molecular flexibility index (Phi) is 20.8. The smallest absolute Gasteiger partial charge is 0.243 e. The van der Waals surface area contributed by atoms with Gasteiger partial charge in [-0.15, -0.1) is 0 Å². The Morgan fingerprint density at radius 2 is 0.882 bits per heavy atom. The molecule has 0 spiro atoms. The first-order valence-electron chi connectivity index (χ1n) is 12.7. The number of unbranched alkanes of at least 4 members (excludes halogenated alkanes) is 11. The van der Waals surface area contributed by atoms with E-state index in [2.05, 4.69) is 67.8 Å². The summed E-state index contributed by atoms with van der Waals surface area (Å²) < 4.78 is 8.92. The summed E-state index contributed by atoms with van der Waals surface area (Å²) in [7, 11) is 0. The zero-order valence-electron chi connectivity index (χ0n) is 20.6. The highest BCUT2D eigenvalue weighted by Crippen LogP contribution is 2.10. The Morgan fingerprint density at radius 1 is 0.529 bits per heavy atom. The van der Waals surface area contributed by atoms with Crippen LogP contribution in [0.15, 0.2) is 37.4 Å². The normalized spacial score (nSPS) is 10.2. The van der Waals surface area contributed by atoms with Crippen molar-refractivity contribution < 1.29 is 43.1 Å². The van der Waals surface area contributed by atoms with Crippen LogP contribution < -0.4 is 43.1 Å². The van der Waals surface area contributed by atoms with Crippen molar-refractivity contribution in [3.8, 4) is 12.1 Å². The van der Waals surface area contributed by atoms with E-state index in [4.69, 9.17) is 10.5 Å². The lowest BCUT2D eigenvalue weighted by Gasteiger charge is -2.02. The molecule has 0 aliphatic heterocycles. The maximum atomic E-state index is 8.61. The van der Waals surface area contributed by atoms with Crippen LogP contribution in [-0.2, 0) is 26.2 Å². The van der Waals surface area contributed by atoms with Gasteiger partial charge in [0.15, 0.2) is 0 Å². The van der Waals surface area contributed by atoms with Gasteiger partial charge >= 0.3 is 0 Å². The lowest BCUT2D eigenvalue weighted by molar-refractivity contribution is -0.697. The SMILES string of the molecule is N#CCCCn1cc[n+](CCCCCCCCCCCC[n+]2ccn(CCCC#N)c2)c1.[Br-].[Br-]. The van der Waals surface area contributed by atoms with Crippen LogP contribution >= 0.6 is 0 Å². The van der Waals surface area contributed by atoms with Crippen molar-refractivity contribution in [1.29, 1.82) is 10.5 Å². The number of hydrogen-bond donors (Lipinski definition) is 0. The summed E-state index contributed by atoms with van der Waals surface area (Å²) >= 11 is 0. The third kappa shape index (κ3) is 15.3. The molecule has 0 aliphatic rings. The molecule has 0 saturated heterocycles. The molecule has 2 rings (SSSR count). The van der Waals surface area contributed by atoms with Gasteiger partial charge in [-0.25, -0.2) is 18.3 Å². The standard InChI is InChI=1S/C26H42N6.2BrH/c27-15-9-13-19-31-23-21-29(25-31)17-11-7-5-3-1-2-4-6-8-12-18-30-22-24-32(26-30)20-14-10-16-28;;/h21-26H,1-14,17-20H2;2*1H/q+2;;/p-2. The van der Waals surface area contributed by atoms with E-state index in [0.717, 1.165) is 39.0 Å². The molecule has 2 heterocycles. The molecule has 0 aliphatic carbocycles. The molecular formula is C26H42Br2N6. The molecule has 0 atom stereocenters. The zero-order chi connectivity index (χ0) is 22.7. The van der Waals surface area contributed by atoms with E-state index in [1.165, 1.54) is 64.2 Å². The molecule has 0 saturated carbocycles. The largest absolute Gasteiger partial charge is 1.00 e. The van der Waals surface area contributed by atoms with Gasteiger partial charge in [-0.2, -0.15) is 10.5 Å². The van der Waals surface area contributed by atoms with Crippen LogP contribution in [0.2, 0.25) is 0 Å². The van der Waals surface area contributed by atoms with E-state index in [1.807, 2.05) is 0 Å². The molecule has 0 amide bonds. The van der Waals surface area contributed by atoms with Gasteiger partial charge in [0.05, 0.1) is 38.3 Å². The summed E-state index contributed by atoms with van der Waals surface area (Å²) in [6.07, 6.45) is 29.4. The van der Waals surface area contributed by atoms with Crippen molar-refractivity contribution in [2.45, 2.75) is 116 Å². The van der Waals surface area contributed by atoms with Gasteiger partial charge in [-0.05, 0) is 38.5 Å². The molecule has 190 valence electrons. The number of imidazole rings is 2. The average Bonchev–Trinajstić information content (AvgIpc) is 3.44. The highest BCUT2D eigenvalue weighted by atomic mass is 79.9. The first-order valence-corrected chi connectivity index (χ1v) is 12.7. The highest BCUT2D eigenvalue weighted by molar-refractivity contribution is 4.72. The number of rotatable bonds is 19. The van der Waals surface area contributed by atoms with Gasteiger partial charge < -0.3 is 34.0 Å². The molecule has 6 nitrogen and oxygen atoms in total. The third-order valence-electron chi connectivity index (χ3n) is 5.98. The van der Waals surface area contributed by atoms with Gasteiger partial charge in [-0.3, -0.25) is 0 Å². The Bertz CT molecular complexity index is 750. The Hall–Kier alpha value is -1.64. The van der Waals surface area contributed by atoms with Crippen LogP contribution in [0, 0.1) is 22.7 Å². The summed E-state index contributed by atoms with van der Waals surface area (Å²) in [5.41, 5.74) is 0. The average molecular weight is 598 g/mol. The number of aryl methyl sites for hydroxylation is 4. The molecule has 0 unspecified atom stereocenters. The van der Waals surface area contributed by atoms with Crippen LogP contribution in [0.25, 0.3) is 0 Å². The molecule has 0 aromatic carbocycles. The second kappa shape index (κ2) is 21.9. The van der Waals surface area contributed by atoms with Crippen LogP contribution in [0.3, 0.4) is 0 Å². The minimum absolute atomic E-state index is 0. The van der Waals surface area contributed by atoms with Gasteiger partial charge in [0.2, 0.25) is 12.7 Å². The summed E-state index contributed by atoms with van der Waals surface area (Å²) in [6.45, 7) is 4.09. The van der Waals surface area contributed by atoms with Crippen molar-refractivity contribution in [2.75, 3.05) is 0 Å². The van der Waals surface area contributed by atoms with E-state index in [1.54, 1.807) is 0 Å². The van der Waals surface area contributed by atoms with Crippen molar-refractivity contribution in [2.24, 2.45) is 0 Å². The lowest BCUT2D eigenvalue weighted by Crippen LogP contribution is -3.00. The molecule has 0 N–H and O–H groups in total. The summed E-state index contributed by atoms with van der Waals surface area (Å²) in [5, 5.41) is 17.2. The highest BCUT2D eigenvalue weighted by Gasteiger charge is 2.04. The van der Waals surface area contributed by atoms with Crippen LogP contribution in [0.5, 0.6) is 0 Å². The minimum Gasteiger partial charge on any atom is -1.00 e. The fourth-order valence-electron chi connectivity index (χ4n) is 4.09. The molecular weight excluding hydrogens is 556 g/mol. The zero-order valence-corrected chi connectivity index (χ0v) is 23.8. The van der Waals surface area contributed by atoms with E-state index < -0.39 is 0 Å². The van der Waals surface area contributed by atoms with E-state index in [0.29, 0.717) is 12.8 Å². The fourth-order valence-corrected chi connectivity index (χ4v) is 4.09. The number of nitriles is 2. The molecule has 0 radical (unpaired) electrons. The summed E-state index contributed by atoms with van der Waals surface area (Å²) in [4.78, 5) is 0. The molecule has 34 heavy (non-hydrogen) atoms. The van der Waals surface area contributed by atoms with E-state index in [-0.39, 0.29) is 34.0 Å². The Morgan fingerprint density at radius 3 is 1.24 bits per heavy atom. The molecule has 8 heteroatoms. The van der Waals surface area contributed by atoms with Gasteiger partial charge in [0.25, 0.3) is 0 Å². The number of hydrogen-bond acceptors (Lipinski definition) is 2. The monoisotopic (exact) mass is 596 g/mol. The second-order valence-electron chi connectivity index (χ2n) is 8.84. The number of aromatic nitrogens is 4. The summed E-state index contributed by atoms with van der Waals surface area (Å²) in [6, 6.07) is 4.41. The van der Waals surface area contributed by atoms with Gasteiger partial charge in [0, 0.05) is 12.8 Å². The predicted molar refractivity (Wildman–Crippen MR) is 125 cm³/mol. The number of nitrogens with zero attached hydrogens (tertiary/aromatic N) is 6. The molecule has 0 fully saturated rings. The topological polar surface area (TPSA) is 65.2 Å². The van der Waals surface area contributed by atoms with E-state index >= 15 is 0 Å². The van der Waals surface area contributed by atoms with E-state index in [9.17, 15) is 0 Å². The first-order chi connectivity index (χ1) is 15.8. The predicted octanol–water partition coefficient (Wildman–Crippen LogP) is -0.919. The van der Waals surface area contributed by atoms with Gasteiger partial charge in [0.1, 0.15) is 24.8 Å². The van der Waals surface area contributed by atoms with Crippen molar-refractivity contribution in [3.05, 3.63) is 37.4 Å². The third-order valence-corrected chi connectivity index (χ3v) is 5.98. The van der Waals surface area contributed by atoms with Crippen LogP contribution in [0.1, 0.15) is 89.9 Å². The Labute approximate surface area is 227 Å². The lowest BCUT2D eigenvalue weighted by atomic mass is 10.1. The van der Waals surface area contributed by atoms with Crippen molar-refractivity contribution >= 4 is 0 Å².